The zero-order valence-corrected chi connectivity index (χ0v) is 18.1. The van der Waals surface area contributed by atoms with E-state index in [-0.39, 0.29) is 5.91 Å². The maximum Gasteiger partial charge on any atom is 0.225 e. The molecule has 2 aromatic carbocycles. The lowest BCUT2D eigenvalue weighted by Gasteiger charge is -2.26. The Balaban J connectivity index is 1.36. The predicted molar refractivity (Wildman–Crippen MR) is 125 cm³/mol. The summed E-state index contributed by atoms with van der Waals surface area (Å²) >= 11 is 0. The molecule has 0 saturated carbocycles. The highest BCUT2D eigenvalue weighted by Gasteiger charge is 2.12. The summed E-state index contributed by atoms with van der Waals surface area (Å²) in [7, 11) is 0. The number of carbonyl (C=O) groups is 1. The molecule has 1 fully saturated rings. The molecule has 0 unspecified atom stereocenters. The van der Waals surface area contributed by atoms with Gasteiger partial charge >= 0.3 is 0 Å². The lowest BCUT2D eigenvalue weighted by Crippen LogP contribution is -2.38. The topological polar surface area (TPSA) is 66.5 Å². The van der Waals surface area contributed by atoms with Crippen LogP contribution < -0.4 is 10.6 Å². The van der Waals surface area contributed by atoms with Gasteiger partial charge in [0.15, 0.2) is 0 Å². The highest BCUT2D eigenvalue weighted by atomic mass is 16.5. The number of benzene rings is 2. The fourth-order valence-corrected chi connectivity index (χ4v) is 3.82. The number of aromatic nitrogens is 1. The van der Waals surface area contributed by atoms with E-state index in [2.05, 4.69) is 40.7 Å². The van der Waals surface area contributed by atoms with Gasteiger partial charge in [0.25, 0.3) is 0 Å². The Hall–Kier alpha value is -2.96. The molecule has 2 N–H and O–H groups in total. The van der Waals surface area contributed by atoms with Gasteiger partial charge in [0.1, 0.15) is 0 Å². The second kappa shape index (κ2) is 10.4. The largest absolute Gasteiger partial charge is 0.380 e. The molecule has 1 aromatic heterocycles. The number of para-hydroxylation sites is 1. The number of nitrogens with zero attached hydrogens (tertiary/aromatic N) is 2. The number of hydrogen-bond donors (Lipinski definition) is 2. The van der Waals surface area contributed by atoms with Gasteiger partial charge in [-0.3, -0.25) is 14.7 Å². The number of carbonyl (C=O) groups excluding carboxylic acids is 1. The molecule has 0 bridgehead atoms. The van der Waals surface area contributed by atoms with Crippen LogP contribution in [0.5, 0.6) is 0 Å². The van der Waals surface area contributed by atoms with E-state index in [9.17, 15) is 4.79 Å². The summed E-state index contributed by atoms with van der Waals surface area (Å²) in [5, 5.41) is 7.71. The molecule has 1 saturated heterocycles. The van der Waals surface area contributed by atoms with Crippen LogP contribution >= 0.6 is 0 Å². The van der Waals surface area contributed by atoms with Crippen molar-refractivity contribution in [3.8, 4) is 0 Å². The Labute approximate surface area is 183 Å². The minimum Gasteiger partial charge on any atom is -0.380 e. The maximum absolute atomic E-state index is 12.4. The van der Waals surface area contributed by atoms with E-state index >= 15 is 0 Å². The summed E-state index contributed by atoms with van der Waals surface area (Å²) < 4.78 is 5.36. The number of hydrogen-bond acceptors (Lipinski definition) is 5. The van der Waals surface area contributed by atoms with E-state index in [0.717, 1.165) is 72.8 Å². The van der Waals surface area contributed by atoms with Crippen molar-refractivity contribution >= 4 is 28.2 Å². The van der Waals surface area contributed by atoms with Crippen molar-refractivity contribution in [2.75, 3.05) is 43.5 Å². The van der Waals surface area contributed by atoms with Crippen molar-refractivity contribution in [3.63, 3.8) is 0 Å². The standard InChI is InChI=1S/C25H30N4O2/c1-2-20-17-24(22-8-3-4-9-23(22)27-20)26-18-19-6-5-7-21(16-19)28-25(30)10-11-29-12-14-31-15-13-29/h3-9,16-17H,2,10-15,18H2,1H3,(H,26,27)(H,28,30). The van der Waals surface area contributed by atoms with Crippen LogP contribution in [0.1, 0.15) is 24.6 Å². The van der Waals surface area contributed by atoms with E-state index in [1.54, 1.807) is 0 Å². The zero-order chi connectivity index (χ0) is 21.5. The quantitative estimate of drug-likeness (QED) is 0.577. The summed E-state index contributed by atoms with van der Waals surface area (Å²) in [4.78, 5) is 19.4. The van der Waals surface area contributed by atoms with Gasteiger partial charge in [0, 0.05) is 55.1 Å². The molecule has 6 nitrogen and oxygen atoms in total. The lowest BCUT2D eigenvalue weighted by atomic mass is 10.1. The number of anilines is 2. The van der Waals surface area contributed by atoms with E-state index in [0.29, 0.717) is 13.0 Å². The molecule has 162 valence electrons. The summed E-state index contributed by atoms with van der Waals surface area (Å²) in [5.74, 6) is 0.0457. The van der Waals surface area contributed by atoms with Crippen LogP contribution in [0.15, 0.2) is 54.6 Å². The van der Waals surface area contributed by atoms with Crippen molar-refractivity contribution in [2.45, 2.75) is 26.3 Å². The first-order valence-corrected chi connectivity index (χ1v) is 11.0. The van der Waals surface area contributed by atoms with E-state index in [1.165, 1.54) is 0 Å². The molecule has 0 spiro atoms. The van der Waals surface area contributed by atoms with Gasteiger partial charge in [-0.15, -0.1) is 0 Å². The van der Waals surface area contributed by atoms with Crippen LogP contribution in [0.4, 0.5) is 11.4 Å². The average Bonchev–Trinajstić information content (AvgIpc) is 2.82. The van der Waals surface area contributed by atoms with E-state index < -0.39 is 0 Å². The van der Waals surface area contributed by atoms with Gasteiger partial charge in [-0.25, -0.2) is 0 Å². The molecule has 31 heavy (non-hydrogen) atoms. The van der Waals surface area contributed by atoms with Gasteiger partial charge in [0.2, 0.25) is 5.91 Å². The lowest BCUT2D eigenvalue weighted by molar-refractivity contribution is -0.116. The number of ether oxygens (including phenoxy) is 1. The van der Waals surface area contributed by atoms with Gasteiger partial charge in [-0.1, -0.05) is 37.3 Å². The van der Waals surface area contributed by atoms with Crippen molar-refractivity contribution in [1.29, 1.82) is 0 Å². The number of rotatable bonds is 8. The molecule has 1 aliphatic rings. The van der Waals surface area contributed by atoms with Gasteiger partial charge in [0.05, 0.1) is 18.7 Å². The Morgan fingerprint density at radius 2 is 1.94 bits per heavy atom. The van der Waals surface area contributed by atoms with E-state index in [4.69, 9.17) is 9.72 Å². The van der Waals surface area contributed by atoms with Gasteiger partial charge < -0.3 is 15.4 Å². The molecular formula is C25H30N4O2. The van der Waals surface area contributed by atoms with Crippen LogP contribution in [0.25, 0.3) is 10.9 Å². The smallest absolute Gasteiger partial charge is 0.225 e. The van der Waals surface area contributed by atoms with Crippen molar-refractivity contribution in [3.05, 3.63) is 65.9 Å². The monoisotopic (exact) mass is 418 g/mol. The number of aryl methyl sites for hydroxylation is 1. The summed E-state index contributed by atoms with van der Waals surface area (Å²) in [6, 6.07) is 18.3. The normalized spacial score (nSPS) is 14.5. The van der Waals surface area contributed by atoms with Crippen molar-refractivity contribution in [2.24, 2.45) is 0 Å². The van der Waals surface area contributed by atoms with E-state index in [1.807, 2.05) is 36.4 Å². The number of morpholine rings is 1. The Bertz CT molecular complexity index is 1030. The SMILES string of the molecule is CCc1cc(NCc2cccc(NC(=O)CCN3CCOCC3)c2)c2ccccc2n1. The third kappa shape index (κ3) is 5.81. The Morgan fingerprint density at radius 1 is 1.10 bits per heavy atom. The molecule has 2 heterocycles. The second-order valence-electron chi connectivity index (χ2n) is 7.84. The van der Waals surface area contributed by atoms with Crippen LogP contribution in [0.2, 0.25) is 0 Å². The van der Waals surface area contributed by atoms with Crippen molar-refractivity contribution < 1.29 is 9.53 Å². The minimum absolute atomic E-state index is 0.0457. The first kappa shape index (κ1) is 21.3. The van der Waals surface area contributed by atoms with Crippen LogP contribution in [-0.2, 0) is 22.5 Å². The fourth-order valence-electron chi connectivity index (χ4n) is 3.82. The number of fused-ring (bicyclic) bond motifs is 1. The molecule has 3 aromatic rings. The first-order chi connectivity index (χ1) is 15.2. The molecule has 0 aliphatic carbocycles. The number of nitrogens with one attached hydrogen (secondary N) is 2. The van der Waals surface area contributed by atoms with Crippen LogP contribution in [0.3, 0.4) is 0 Å². The highest BCUT2D eigenvalue weighted by molar-refractivity contribution is 5.92. The summed E-state index contributed by atoms with van der Waals surface area (Å²) in [6.07, 6.45) is 1.39. The van der Waals surface area contributed by atoms with Crippen LogP contribution in [0, 0.1) is 0 Å². The van der Waals surface area contributed by atoms with Gasteiger partial charge in [-0.2, -0.15) is 0 Å². The maximum atomic E-state index is 12.4. The Kier molecular flexibility index (Phi) is 7.12. The summed E-state index contributed by atoms with van der Waals surface area (Å²) in [6.45, 7) is 6.87. The average molecular weight is 419 g/mol. The third-order valence-corrected chi connectivity index (χ3v) is 5.58. The molecule has 1 amide bonds. The first-order valence-electron chi connectivity index (χ1n) is 11.0. The molecule has 0 atom stereocenters. The predicted octanol–water partition coefficient (Wildman–Crippen LogP) is 4.07. The zero-order valence-electron chi connectivity index (χ0n) is 18.1. The van der Waals surface area contributed by atoms with Crippen LogP contribution in [-0.4, -0.2) is 48.6 Å². The second-order valence-corrected chi connectivity index (χ2v) is 7.84. The number of amides is 1. The third-order valence-electron chi connectivity index (χ3n) is 5.58. The Morgan fingerprint density at radius 3 is 2.77 bits per heavy atom. The fraction of sp³-hybridized carbons (Fsp3) is 0.360. The van der Waals surface area contributed by atoms with Crippen molar-refractivity contribution in [1.82, 2.24) is 9.88 Å². The highest BCUT2D eigenvalue weighted by Crippen LogP contribution is 2.24. The molecule has 4 rings (SSSR count). The molecule has 6 heteroatoms. The molecule has 0 radical (unpaired) electrons. The number of pyridine rings is 1. The molecular weight excluding hydrogens is 388 g/mol. The summed E-state index contributed by atoms with van der Waals surface area (Å²) in [5.41, 5.74) is 5.11. The van der Waals surface area contributed by atoms with Gasteiger partial charge in [-0.05, 0) is 36.2 Å². The minimum atomic E-state index is 0.0457. The molecule has 1 aliphatic heterocycles.